The molecular formula is C14H22N4O2. The number of nitrogens with one attached hydrogen (secondary N) is 1. The van der Waals surface area contributed by atoms with Crippen molar-refractivity contribution in [2.45, 2.75) is 6.92 Å². The molecule has 1 aromatic carbocycles. The van der Waals surface area contributed by atoms with Gasteiger partial charge in [-0.2, -0.15) is 0 Å². The predicted octanol–water partition coefficient (Wildman–Crippen LogP) is 1.56. The lowest BCUT2D eigenvalue weighted by Crippen LogP contribution is -2.45. The lowest BCUT2D eigenvalue weighted by molar-refractivity contribution is -0.384. The molecule has 20 heavy (non-hydrogen) atoms. The van der Waals surface area contributed by atoms with Crippen molar-refractivity contribution in [1.29, 1.82) is 0 Å². The normalized spacial score (nSPS) is 17.1. The Kier molecular flexibility index (Phi) is 4.92. The molecule has 1 aliphatic rings. The topological polar surface area (TPSA) is 61.7 Å². The van der Waals surface area contributed by atoms with E-state index in [9.17, 15) is 10.1 Å². The lowest BCUT2D eigenvalue weighted by atomic mass is 10.2. The summed E-state index contributed by atoms with van der Waals surface area (Å²) in [7, 11) is 2.13. The molecule has 1 heterocycles. The van der Waals surface area contributed by atoms with E-state index in [4.69, 9.17) is 0 Å². The summed E-state index contributed by atoms with van der Waals surface area (Å²) >= 11 is 0. The van der Waals surface area contributed by atoms with Gasteiger partial charge in [0.25, 0.3) is 5.69 Å². The third kappa shape index (κ3) is 3.91. The van der Waals surface area contributed by atoms with E-state index in [-0.39, 0.29) is 10.6 Å². The van der Waals surface area contributed by atoms with Crippen LogP contribution < -0.4 is 5.32 Å². The number of nitro benzene ring substituents is 1. The van der Waals surface area contributed by atoms with Gasteiger partial charge in [-0.25, -0.2) is 0 Å². The summed E-state index contributed by atoms with van der Waals surface area (Å²) in [6, 6.07) is 5.17. The zero-order valence-electron chi connectivity index (χ0n) is 12.1. The van der Waals surface area contributed by atoms with Crippen molar-refractivity contribution in [2.24, 2.45) is 0 Å². The first-order valence-corrected chi connectivity index (χ1v) is 6.96. The monoisotopic (exact) mass is 278 g/mol. The Bertz CT molecular complexity index is 470. The zero-order chi connectivity index (χ0) is 14.5. The average molecular weight is 278 g/mol. The van der Waals surface area contributed by atoms with Crippen LogP contribution in [0.3, 0.4) is 0 Å². The second-order valence-electron chi connectivity index (χ2n) is 5.35. The quantitative estimate of drug-likeness (QED) is 0.654. The summed E-state index contributed by atoms with van der Waals surface area (Å²) in [6.45, 7) is 7.89. The molecule has 0 unspecified atom stereocenters. The maximum absolute atomic E-state index is 11.0. The second kappa shape index (κ2) is 6.67. The van der Waals surface area contributed by atoms with Crippen LogP contribution in [0.2, 0.25) is 0 Å². The van der Waals surface area contributed by atoms with Crippen molar-refractivity contribution < 1.29 is 4.92 Å². The number of nitro groups is 1. The van der Waals surface area contributed by atoms with E-state index in [2.05, 4.69) is 22.2 Å². The molecule has 1 saturated heterocycles. The summed E-state index contributed by atoms with van der Waals surface area (Å²) in [5, 5.41) is 14.2. The predicted molar refractivity (Wildman–Crippen MR) is 80.3 cm³/mol. The van der Waals surface area contributed by atoms with Gasteiger partial charge in [0.15, 0.2) is 0 Å². The summed E-state index contributed by atoms with van der Waals surface area (Å²) in [4.78, 5) is 15.3. The van der Waals surface area contributed by atoms with Crippen LogP contribution in [-0.2, 0) is 0 Å². The highest BCUT2D eigenvalue weighted by atomic mass is 16.6. The van der Waals surface area contributed by atoms with Crippen LogP contribution in [0.15, 0.2) is 18.2 Å². The molecule has 1 aromatic rings. The van der Waals surface area contributed by atoms with E-state index in [1.54, 1.807) is 12.1 Å². The summed E-state index contributed by atoms with van der Waals surface area (Å²) in [6.07, 6.45) is 0. The highest BCUT2D eigenvalue weighted by molar-refractivity contribution is 5.62. The maximum Gasteiger partial charge on any atom is 0.292 e. The smallest absolute Gasteiger partial charge is 0.292 e. The van der Waals surface area contributed by atoms with Crippen molar-refractivity contribution in [1.82, 2.24) is 9.80 Å². The minimum Gasteiger partial charge on any atom is -0.378 e. The number of nitrogens with zero attached hydrogens (tertiary/aromatic N) is 3. The number of rotatable bonds is 5. The van der Waals surface area contributed by atoms with Gasteiger partial charge in [0.2, 0.25) is 0 Å². The van der Waals surface area contributed by atoms with Crippen LogP contribution in [0.4, 0.5) is 11.4 Å². The van der Waals surface area contributed by atoms with Crippen LogP contribution in [0, 0.1) is 17.0 Å². The number of benzene rings is 1. The van der Waals surface area contributed by atoms with Gasteiger partial charge in [-0.15, -0.1) is 0 Å². The molecule has 6 nitrogen and oxygen atoms in total. The van der Waals surface area contributed by atoms with Gasteiger partial charge in [-0.05, 0) is 25.6 Å². The van der Waals surface area contributed by atoms with Gasteiger partial charge in [-0.3, -0.25) is 15.0 Å². The van der Waals surface area contributed by atoms with E-state index in [0.29, 0.717) is 5.69 Å². The molecule has 1 fully saturated rings. The molecule has 0 aromatic heterocycles. The van der Waals surface area contributed by atoms with Gasteiger partial charge in [0.1, 0.15) is 5.69 Å². The van der Waals surface area contributed by atoms with Crippen molar-refractivity contribution >= 4 is 11.4 Å². The highest BCUT2D eigenvalue weighted by Crippen LogP contribution is 2.24. The first kappa shape index (κ1) is 14.7. The first-order chi connectivity index (χ1) is 9.56. The third-order valence-electron chi connectivity index (χ3n) is 3.69. The van der Waals surface area contributed by atoms with Crippen LogP contribution in [0.25, 0.3) is 0 Å². The number of aryl methyl sites for hydroxylation is 1. The van der Waals surface area contributed by atoms with E-state index >= 15 is 0 Å². The van der Waals surface area contributed by atoms with Crippen LogP contribution in [0.5, 0.6) is 0 Å². The Labute approximate surface area is 119 Å². The molecule has 0 aliphatic carbocycles. The molecule has 6 heteroatoms. The van der Waals surface area contributed by atoms with Gasteiger partial charge >= 0.3 is 0 Å². The molecule has 0 amide bonds. The molecular weight excluding hydrogens is 256 g/mol. The molecule has 0 bridgehead atoms. The largest absolute Gasteiger partial charge is 0.378 e. The Morgan fingerprint density at radius 2 is 2.00 bits per heavy atom. The van der Waals surface area contributed by atoms with E-state index < -0.39 is 0 Å². The van der Waals surface area contributed by atoms with Gasteiger partial charge in [0.05, 0.1) is 4.92 Å². The Hall–Kier alpha value is -1.66. The van der Waals surface area contributed by atoms with E-state index in [1.165, 1.54) is 0 Å². The SMILES string of the molecule is Cc1ccc([N+](=O)[O-])c(NCCN2CCN(C)CC2)c1. The van der Waals surface area contributed by atoms with Crippen LogP contribution >= 0.6 is 0 Å². The first-order valence-electron chi connectivity index (χ1n) is 6.96. The molecule has 0 radical (unpaired) electrons. The lowest BCUT2D eigenvalue weighted by Gasteiger charge is -2.32. The Morgan fingerprint density at radius 1 is 1.30 bits per heavy atom. The van der Waals surface area contributed by atoms with Crippen molar-refractivity contribution in [3.63, 3.8) is 0 Å². The molecule has 0 saturated carbocycles. The number of hydrogen-bond donors (Lipinski definition) is 1. The fraction of sp³-hybridized carbons (Fsp3) is 0.571. The molecule has 2 rings (SSSR count). The van der Waals surface area contributed by atoms with Gasteiger partial charge in [0, 0.05) is 45.3 Å². The van der Waals surface area contributed by atoms with Crippen LogP contribution in [0.1, 0.15) is 5.56 Å². The number of anilines is 1. The maximum atomic E-state index is 11.0. The van der Waals surface area contributed by atoms with Gasteiger partial charge in [-0.1, -0.05) is 6.07 Å². The minimum atomic E-state index is -0.336. The van der Waals surface area contributed by atoms with E-state index in [0.717, 1.165) is 44.8 Å². The van der Waals surface area contributed by atoms with Crippen molar-refractivity contribution in [3.05, 3.63) is 33.9 Å². The Morgan fingerprint density at radius 3 is 2.65 bits per heavy atom. The molecule has 1 N–H and O–H groups in total. The summed E-state index contributed by atoms with van der Waals surface area (Å²) < 4.78 is 0. The molecule has 0 spiro atoms. The number of hydrogen-bond acceptors (Lipinski definition) is 5. The summed E-state index contributed by atoms with van der Waals surface area (Å²) in [5.74, 6) is 0. The van der Waals surface area contributed by atoms with Gasteiger partial charge < -0.3 is 10.2 Å². The minimum absolute atomic E-state index is 0.147. The molecule has 0 atom stereocenters. The number of likely N-dealkylation sites (N-methyl/N-ethyl adjacent to an activating group) is 1. The van der Waals surface area contributed by atoms with Crippen molar-refractivity contribution in [3.8, 4) is 0 Å². The van der Waals surface area contributed by atoms with Crippen LogP contribution in [-0.4, -0.2) is 61.0 Å². The highest BCUT2D eigenvalue weighted by Gasteiger charge is 2.15. The fourth-order valence-corrected chi connectivity index (χ4v) is 2.37. The molecule has 110 valence electrons. The van der Waals surface area contributed by atoms with E-state index in [1.807, 2.05) is 13.0 Å². The third-order valence-corrected chi connectivity index (χ3v) is 3.69. The number of piperazine rings is 1. The summed E-state index contributed by atoms with van der Waals surface area (Å²) in [5.41, 5.74) is 1.79. The standard InChI is InChI=1S/C14H22N4O2/c1-12-3-4-14(18(19)20)13(11-12)15-5-6-17-9-7-16(2)8-10-17/h3-4,11,15H,5-10H2,1-2H3. The Balaban J connectivity index is 1.87. The zero-order valence-corrected chi connectivity index (χ0v) is 12.1. The van der Waals surface area contributed by atoms with Crippen molar-refractivity contribution in [2.75, 3.05) is 51.6 Å². The molecule has 1 aliphatic heterocycles. The second-order valence-corrected chi connectivity index (χ2v) is 5.35. The fourth-order valence-electron chi connectivity index (χ4n) is 2.37. The average Bonchev–Trinajstić information content (AvgIpc) is 2.41.